The van der Waals surface area contributed by atoms with Crippen molar-refractivity contribution in [3.63, 3.8) is 0 Å². The normalized spacial score (nSPS) is 21.3. The van der Waals surface area contributed by atoms with Gasteiger partial charge in [-0.05, 0) is 71.3 Å². The lowest BCUT2D eigenvalue weighted by Crippen LogP contribution is -2.54. The molecule has 0 spiro atoms. The summed E-state index contributed by atoms with van der Waals surface area (Å²) in [7, 11) is 0. The quantitative estimate of drug-likeness (QED) is 0.397. The Labute approximate surface area is 204 Å². The van der Waals surface area contributed by atoms with E-state index in [4.69, 9.17) is 4.74 Å². The third-order valence-corrected chi connectivity index (χ3v) is 6.22. The van der Waals surface area contributed by atoms with Gasteiger partial charge in [-0.25, -0.2) is 0 Å². The lowest BCUT2D eigenvalue weighted by molar-refractivity contribution is -0.156. The van der Waals surface area contributed by atoms with Crippen LogP contribution in [0.4, 0.5) is 0 Å². The molecule has 3 aliphatic heterocycles. The van der Waals surface area contributed by atoms with Gasteiger partial charge in [0.2, 0.25) is 11.8 Å². The molecule has 1 unspecified atom stereocenters. The number of fused-ring (bicyclic) bond motifs is 1. The summed E-state index contributed by atoms with van der Waals surface area (Å²) in [6, 6.07) is 3.87. The molecule has 4 rings (SSSR count). The van der Waals surface area contributed by atoms with Crippen molar-refractivity contribution in [3.05, 3.63) is 34.9 Å². The van der Waals surface area contributed by atoms with Gasteiger partial charge in [-0.3, -0.25) is 39.1 Å². The Bertz CT molecular complexity index is 1150. The van der Waals surface area contributed by atoms with Crippen molar-refractivity contribution in [2.45, 2.75) is 58.1 Å². The highest BCUT2D eigenvalue weighted by molar-refractivity contribution is 6.23. The zero-order chi connectivity index (χ0) is 25.3. The highest BCUT2D eigenvalue weighted by Crippen LogP contribution is 2.28. The van der Waals surface area contributed by atoms with E-state index < -0.39 is 35.3 Å². The van der Waals surface area contributed by atoms with Crippen molar-refractivity contribution in [3.8, 4) is 11.8 Å². The maximum Gasteiger partial charge on any atom is 0.320 e. The van der Waals surface area contributed by atoms with Crippen LogP contribution in [0.2, 0.25) is 0 Å². The van der Waals surface area contributed by atoms with Crippen LogP contribution < -0.4 is 5.32 Å². The minimum atomic E-state index is -0.986. The van der Waals surface area contributed by atoms with Crippen LogP contribution in [0.1, 0.15) is 72.7 Å². The minimum absolute atomic E-state index is 0.0805. The number of ether oxygens (including phenoxy) is 1. The van der Waals surface area contributed by atoms with Gasteiger partial charge in [-0.15, -0.1) is 0 Å². The lowest BCUT2D eigenvalue weighted by Gasteiger charge is -2.30. The Morgan fingerprint density at radius 1 is 1.06 bits per heavy atom. The van der Waals surface area contributed by atoms with E-state index in [1.165, 1.54) is 0 Å². The van der Waals surface area contributed by atoms with Crippen molar-refractivity contribution >= 4 is 29.6 Å². The summed E-state index contributed by atoms with van der Waals surface area (Å²) in [4.78, 5) is 64.4. The maximum absolute atomic E-state index is 13.0. The Morgan fingerprint density at radius 3 is 2.40 bits per heavy atom. The molecule has 0 saturated carbocycles. The third-order valence-electron chi connectivity index (χ3n) is 6.22. The first-order valence-corrected chi connectivity index (χ1v) is 11.8. The summed E-state index contributed by atoms with van der Waals surface area (Å²) in [5, 5.41) is 2.19. The van der Waals surface area contributed by atoms with Gasteiger partial charge >= 0.3 is 5.97 Å². The van der Waals surface area contributed by atoms with E-state index in [2.05, 4.69) is 22.1 Å². The number of carbonyl (C=O) groups is 5. The molecule has 0 aliphatic carbocycles. The third kappa shape index (κ3) is 5.60. The molecule has 184 valence electrons. The summed E-state index contributed by atoms with van der Waals surface area (Å²) < 4.78 is 5.38. The fraction of sp³-hybridized carbons (Fsp3) is 0.500. The van der Waals surface area contributed by atoms with Gasteiger partial charge in [0, 0.05) is 17.9 Å². The minimum Gasteiger partial charge on any atom is -0.459 e. The topological polar surface area (TPSA) is 113 Å². The first-order chi connectivity index (χ1) is 16.5. The fourth-order valence-corrected chi connectivity index (χ4v) is 4.53. The highest BCUT2D eigenvalue weighted by Gasteiger charge is 2.44. The van der Waals surface area contributed by atoms with Crippen LogP contribution in [0, 0.1) is 17.8 Å². The van der Waals surface area contributed by atoms with Gasteiger partial charge in [-0.1, -0.05) is 11.8 Å². The second-order valence-corrected chi connectivity index (χ2v) is 10.1. The average Bonchev–Trinajstić information content (AvgIpc) is 3.02. The van der Waals surface area contributed by atoms with Gasteiger partial charge in [0.05, 0.1) is 17.7 Å². The largest absolute Gasteiger partial charge is 0.459 e. The molecular weight excluding hydrogens is 450 g/mol. The van der Waals surface area contributed by atoms with E-state index in [0.29, 0.717) is 5.56 Å². The van der Waals surface area contributed by atoms with Crippen LogP contribution in [0.15, 0.2) is 18.2 Å². The number of piperidine rings is 2. The first-order valence-electron chi connectivity index (χ1n) is 11.8. The van der Waals surface area contributed by atoms with Crippen LogP contribution in [0.3, 0.4) is 0 Å². The second kappa shape index (κ2) is 9.62. The predicted molar refractivity (Wildman–Crippen MR) is 125 cm³/mol. The highest BCUT2D eigenvalue weighted by atomic mass is 16.6. The van der Waals surface area contributed by atoms with Crippen molar-refractivity contribution in [1.29, 1.82) is 0 Å². The molecule has 9 nitrogen and oxygen atoms in total. The molecule has 4 amide bonds. The number of nitrogens with one attached hydrogen (secondary N) is 1. The van der Waals surface area contributed by atoms with Gasteiger partial charge in [0.25, 0.3) is 11.8 Å². The Balaban J connectivity index is 1.37. The number of benzene rings is 1. The number of nitrogens with zero attached hydrogens (tertiary/aromatic N) is 2. The molecule has 0 aromatic heterocycles. The molecule has 3 heterocycles. The van der Waals surface area contributed by atoms with Crippen molar-refractivity contribution in [1.82, 2.24) is 15.1 Å². The van der Waals surface area contributed by atoms with Crippen LogP contribution in [-0.2, 0) is 19.1 Å². The molecule has 1 atom stereocenters. The summed E-state index contributed by atoms with van der Waals surface area (Å²) in [6.07, 6.45) is 1.84. The molecule has 1 aromatic carbocycles. The van der Waals surface area contributed by atoms with E-state index in [1.807, 2.05) is 20.8 Å². The Morgan fingerprint density at radius 2 is 1.74 bits per heavy atom. The zero-order valence-electron chi connectivity index (χ0n) is 20.2. The molecule has 1 N–H and O–H groups in total. The van der Waals surface area contributed by atoms with Gasteiger partial charge in [-0.2, -0.15) is 0 Å². The van der Waals surface area contributed by atoms with Crippen LogP contribution in [0.25, 0.3) is 0 Å². The van der Waals surface area contributed by atoms with E-state index in [1.54, 1.807) is 18.2 Å². The average molecular weight is 480 g/mol. The number of esters is 1. The fourth-order valence-electron chi connectivity index (χ4n) is 4.53. The number of imide groups is 2. The number of hydrogen-bond acceptors (Lipinski definition) is 7. The number of amides is 4. The molecule has 2 fully saturated rings. The monoisotopic (exact) mass is 479 g/mol. The molecule has 0 bridgehead atoms. The van der Waals surface area contributed by atoms with Gasteiger partial charge < -0.3 is 4.74 Å². The number of likely N-dealkylation sites (tertiary alicyclic amines) is 1. The number of hydrogen-bond donors (Lipinski definition) is 1. The van der Waals surface area contributed by atoms with Gasteiger partial charge in [0.15, 0.2) is 0 Å². The summed E-state index contributed by atoms with van der Waals surface area (Å²) >= 11 is 0. The molecule has 35 heavy (non-hydrogen) atoms. The number of rotatable bonds is 3. The summed E-state index contributed by atoms with van der Waals surface area (Å²) in [5.74, 6) is 4.18. The van der Waals surface area contributed by atoms with E-state index in [9.17, 15) is 24.0 Å². The molecule has 2 saturated heterocycles. The van der Waals surface area contributed by atoms with Crippen molar-refractivity contribution in [2.24, 2.45) is 5.92 Å². The molecule has 0 radical (unpaired) electrons. The smallest absolute Gasteiger partial charge is 0.320 e. The SMILES string of the molecule is CC(C)(C)OC(=O)CN1CCC(C#Cc2ccc3c(c2)C(=O)N(C2CCC(=O)NC2=O)C3=O)CC1. The maximum atomic E-state index is 13.0. The number of carbonyl (C=O) groups excluding carboxylic acids is 5. The molecule has 3 aliphatic rings. The lowest BCUT2D eigenvalue weighted by atomic mass is 9.96. The zero-order valence-corrected chi connectivity index (χ0v) is 20.2. The van der Waals surface area contributed by atoms with Gasteiger partial charge in [0.1, 0.15) is 11.6 Å². The van der Waals surface area contributed by atoms with Crippen molar-refractivity contribution < 1.29 is 28.7 Å². The second-order valence-electron chi connectivity index (χ2n) is 10.1. The van der Waals surface area contributed by atoms with Crippen molar-refractivity contribution in [2.75, 3.05) is 19.6 Å². The van der Waals surface area contributed by atoms with E-state index >= 15 is 0 Å². The first kappa shape index (κ1) is 24.6. The van der Waals surface area contributed by atoms with Crippen LogP contribution >= 0.6 is 0 Å². The molecule has 9 heteroatoms. The van der Waals surface area contributed by atoms with E-state index in [-0.39, 0.29) is 42.4 Å². The van der Waals surface area contributed by atoms with E-state index in [0.717, 1.165) is 30.8 Å². The van der Waals surface area contributed by atoms with Crippen LogP contribution in [-0.4, -0.2) is 70.7 Å². The Kier molecular flexibility index (Phi) is 6.77. The summed E-state index contributed by atoms with van der Waals surface area (Å²) in [5.41, 5.74) is 0.576. The Hall–Kier alpha value is -3.51. The molecule has 1 aromatic rings. The predicted octanol–water partition coefficient (Wildman–Crippen LogP) is 1.49. The van der Waals surface area contributed by atoms with Crippen LogP contribution in [0.5, 0.6) is 0 Å². The summed E-state index contributed by atoms with van der Waals surface area (Å²) in [6.45, 7) is 7.31. The molecular formula is C26H29N3O6. The standard InChI is InChI=1S/C26H29N3O6/c1-26(2,3)35-22(31)15-28-12-10-16(11-13-28)4-5-17-6-7-18-19(14-17)25(34)29(24(18)33)20-8-9-21(30)27-23(20)32/h6-7,14,16,20H,8-13,15H2,1-3H3,(H,27,30,32).